The van der Waals surface area contributed by atoms with Crippen molar-refractivity contribution in [3.63, 3.8) is 0 Å². The highest BCUT2D eigenvalue weighted by atomic mass is 32.2. The fraction of sp³-hybridized carbons (Fsp3) is 0.750. The molecule has 2 atom stereocenters. The van der Waals surface area contributed by atoms with Gasteiger partial charge in [0, 0.05) is 30.1 Å². The monoisotopic (exact) mass is 399 g/mol. The van der Waals surface area contributed by atoms with Crippen molar-refractivity contribution < 1.29 is 12.8 Å². The van der Waals surface area contributed by atoms with Gasteiger partial charge in [-0.25, -0.2) is 17.5 Å². The predicted molar refractivity (Wildman–Crippen MR) is 109 cm³/mol. The summed E-state index contributed by atoms with van der Waals surface area (Å²) in [4.78, 5) is 7.35. The van der Waals surface area contributed by atoms with Crippen molar-refractivity contribution in [2.75, 3.05) is 6.54 Å². The first-order valence-corrected chi connectivity index (χ1v) is 11.1. The normalized spacial score (nSPS) is 24.8. The maximum atomic E-state index is 12.4. The van der Waals surface area contributed by atoms with Gasteiger partial charge in [0.25, 0.3) is 0 Å². The average Bonchev–Trinajstić information content (AvgIpc) is 2.84. The van der Waals surface area contributed by atoms with Gasteiger partial charge in [-0.3, -0.25) is 4.99 Å². The van der Waals surface area contributed by atoms with Gasteiger partial charge in [-0.05, 0) is 16.9 Å². The Bertz CT molecular complexity index is 768. The van der Waals surface area contributed by atoms with Crippen molar-refractivity contribution >= 4 is 15.9 Å². The first-order chi connectivity index (χ1) is 12.2. The van der Waals surface area contributed by atoms with E-state index < -0.39 is 10.0 Å². The minimum absolute atomic E-state index is 0.0379. The molecule has 5 nitrogen and oxygen atoms in total. The Balaban J connectivity index is 2.53. The van der Waals surface area contributed by atoms with Crippen molar-refractivity contribution in [2.45, 2.75) is 73.9 Å². The second kappa shape index (κ2) is 7.32. The van der Waals surface area contributed by atoms with E-state index >= 15 is 0 Å². The molecule has 0 aliphatic carbocycles. The summed E-state index contributed by atoms with van der Waals surface area (Å²) in [5, 5.41) is 0.568. The molecule has 1 N–H and O–H groups in total. The fourth-order valence-corrected chi connectivity index (χ4v) is 4.81. The molecule has 1 saturated heterocycles. The molecule has 2 rings (SSSR count). The zero-order chi connectivity index (χ0) is 20.8. The largest absolute Gasteiger partial charge is 0.332 e. The van der Waals surface area contributed by atoms with E-state index in [2.05, 4.69) is 65.0 Å². The number of nitrogens with one attached hydrogen (secondary N) is 1. The molecule has 7 heteroatoms. The summed E-state index contributed by atoms with van der Waals surface area (Å²) in [5.74, 6) is 1.29. The highest BCUT2D eigenvalue weighted by Crippen LogP contribution is 2.43. The highest BCUT2D eigenvalue weighted by Gasteiger charge is 2.44. The Morgan fingerprint density at radius 3 is 2.26 bits per heavy atom. The minimum atomic E-state index is -3.79. The summed E-state index contributed by atoms with van der Waals surface area (Å²) in [5.41, 5.74) is 2.24. The SMILES string of the molecule is CC(C)C1=C2CC(NS(=O)(=O)/C=C/F)CN2C(C(C)(C)C)=NC1C(C)(C)C. The minimum Gasteiger partial charge on any atom is -0.332 e. The number of halogens is 1. The second-order valence-electron chi connectivity index (χ2n) is 9.96. The summed E-state index contributed by atoms with van der Waals surface area (Å²) in [6, 6.07) is -0.250. The molecule has 0 aromatic rings. The molecule has 0 aromatic carbocycles. The topological polar surface area (TPSA) is 61.8 Å². The molecular weight excluding hydrogens is 365 g/mol. The van der Waals surface area contributed by atoms with Crippen molar-refractivity contribution in [2.24, 2.45) is 21.7 Å². The zero-order valence-electron chi connectivity index (χ0n) is 17.8. The Labute approximate surface area is 163 Å². The standard InChI is InChI=1S/C20H34FN3O2S/c1-13(2)16-15-11-14(23-27(25,26)10-9-21)12-24(15)18(20(6,7)8)22-17(16)19(3,4)5/h9-10,13-14,17,23H,11-12H2,1-8H3/b10-9+. The van der Waals surface area contributed by atoms with Gasteiger partial charge in [0.05, 0.1) is 17.8 Å². The molecule has 154 valence electrons. The Morgan fingerprint density at radius 1 is 1.22 bits per heavy atom. The molecule has 0 saturated carbocycles. The molecule has 2 aliphatic heterocycles. The molecule has 0 radical (unpaired) electrons. The smallest absolute Gasteiger partial charge is 0.236 e. The van der Waals surface area contributed by atoms with E-state index in [1.165, 1.54) is 11.3 Å². The molecule has 2 heterocycles. The molecule has 27 heavy (non-hydrogen) atoms. The Hall–Kier alpha value is -1.21. The van der Waals surface area contributed by atoms with Gasteiger partial charge >= 0.3 is 0 Å². The number of amidine groups is 1. The number of fused-ring (bicyclic) bond motifs is 1. The fourth-order valence-electron chi connectivity index (χ4n) is 3.97. The van der Waals surface area contributed by atoms with E-state index in [0.717, 1.165) is 5.84 Å². The second-order valence-corrected chi connectivity index (χ2v) is 11.6. The van der Waals surface area contributed by atoms with E-state index in [1.54, 1.807) is 0 Å². The van der Waals surface area contributed by atoms with Gasteiger partial charge in [0.1, 0.15) is 5.84 Å². The van der Waals surface area contributed by atoms with Crippen LogP contribution in [-0.4, -0.2) is 37.8 Å². The van der Waals surface area contributed by atoms with Gasteiger partial charge in [-0.2, -0.15) is 0 Å². The molecule has 0 bridgehead atoms. The van der Waals surface area contributed by atoms with Gasteiger partial charge in [-0.1, -0.05) is 55.4 Å². The third-order valence-electron chi connectivity index (χ3n) is 4.98. The Morgan fingerprint density at radius 2 is 1.81 bits per heavy atom. The average molecular weight is 400 g/mol. The van der Waals surface area contributed by atoms with Gasteiger partial charge in [0.2, 0.25) is 10.0 Å². The van der Waals surface area contributed by atoms with Crippen LogP contribution in [0.15, 0.2) is 28.0 Å². The van der Waals surface area contributed by atoms with Gasteiger partial charge < -0.3 is 4.90 Å². The third-order valence-corrected chi connectivity index (χ3v) is 6.10. The predicted octanol–water partition coefficient (Wildman–Crippen LogP) is 4.20. The van der Waals surface area contributed by atoms with Gasteiger partial charge in [-0.15, -0.1) is 0 Å². The number of hydrogen-bond acceptors (Lipinski definition) is 4. The van der Waals surface area contributed by atoms with Crippen LogP contribution < -0.4 is 4.72 Å². The van der Waals surface area contributed by atoms with Crippen LogP contribution >= 0.6 is 0 Å². The summed E-state index contributed by atoms with van der Waals surface area (Å²) < 4.78 is 39.0. The summed E-state index contributed by atoms with van der Waals surface area (Å²) in [6.45, 7) is 17.8. The van der Waals surface area contributed by atoms with Crippen molar-refractivity contribution in [3.8, 4) is 0 Å². The Kier molecular flexibility index (Phi) is 5.98. The molecular formula is C20H34FN3O2S. The number of rotatable bonds is 4. The lowest BCUT2D eigenvalue weighted by atomic mass is 9.76. The molecule has 2 aliphatic rings. The zero-order valence-corrected chi connectivity index (χ0v) is 18.6. The van der Waals surface area contributed by atoms with E-state index in [-0.39, 0.29) is 29.2 Å². The van der Waals surface area contributed by atoms with Crippen LogP contribution in [0.2, 0.25) is 0 Å². The molecule has 0 spiro atoms. The van der Waals surface area contributed by atoms with E-state index in [9.17, 15) is 12.8 Å². The molecule has 2 unspecified atom stereocenters. The lowest BCUT2D eigenvalue weighted by molar-refractivity contribution is 0.312. The lowest BCUT2D eigenvalue weighted by Crippen LogP contribution is -2.46. The first kappa shape index (κ1) is 22.1. The van der Waals surface area contributed by atoms with Crippen LogP contribution in [0.4, 0.5) is 4.39 Å². The summed E-state index contributed by atoms with van der Waals surface area (Å²) in [6.07, 6.45) is 0.648. The van der Waals surface area contributed by atoms with Crippen molar-refractivity contribution in [1.29, 1.82) is 0 Å². The maximum absolute atomic E-state index is 12.4. The molecule has 0 amide bonds. The van der Waals surface area contributed by atoms with Crippen LogP contribution in [0.25, 0.3) is 0 Å². The van der Waals surface area contributed by atoms with Crippen LogP contribution in [-0.2, 0) is 10.0 Å². The number of nitrogens with zero attached hydrogens (tertiary/aromatic N) is 2. The quantitative estimate of drug-likeness (QED) is 0.770. The number of sulfonamides is 1. The maximum Gasteiger partial charge on any atom is 0.236 e. The van der Waals surface area contributed by atoms with Crippen LogP contribution in [0, 0.1) is 16.7 Å². The van der Waals surface area contributed by atoms with Crippen LogP contribution in [0.3, 0.4) is 0 Å². The first-order valence-electron chi connectivity index (χ1n) is 9.55. The molecule has 0 aromatic heterocycles. The molecule has 1 fully saturated rings. The van der Waals surface area contributed by atoms with Crippen molar-refractivity contribution in [3.05, 3.63) is 23.0 Å². The summed E-state index contributed by atoms with van der Waals surface area (Å²) >= 11 is 0. The van der Waals surface area contributed by atoms with E-state index in [4.69, 9.17) is 4.99 Å². The highest BCUT2D eigenvalue weighted by molar-refractivity contribution is 7.92. The van der Waals surface area contributed by atoms with E-state index in [0.29, 0.717) is 24.3 Å². The van der Waals surface area contributed by atoms with Crippen molar-refractivity contribution in [1.82, 2.24) is 9.62 Å². The van der Waals surface area contributed by atoms with Crippen LogP contribution in [0.5, 0.6) is 0 Å². The lowest BCUT2D eigenvalue weighted by Gasteiger charge is -2.43. The van der Waals surface area contributed by atoms with Gasteiger partial charge in [0.15, 0.2) is 0 Å². The number of hydrogen-bond donors (Lipinski definition) is 1. The summed E-state index contributed by atoms with van der Waals surface area (Å²) in [7, 11) is -3.79. The van der Waals surface area contributed by atoms with Crippen LogP contribution in [0.1, 0.15) is 61.8 Å². The third kappa shape index (κ3) is 4.80. The number of aliphatic imine (C=N–C) groups is 1. The van der Waals surface area contributed by atoms with E-state index in [1.807, 2.05) is 0 Å².